The number of phenolic OH excluding ortho intramolecular Hbond substituents is 1. The number of aromatic hydroxyl groups is 1. The molecule has 0 amide bonds. The summed E-state index contributed by atoms with van der Waals surface area (Å²) in [7, 11) is 1.61. The highest BCUT2D eigenvalue weighted by Crippen LogP contribution is 2.31. The number of fused-ring (bicyclic) bond motifs is 1. The summed E-state index contributed by atoms with van der Waals surface area (Å²) in [5.41, 5.74) is 3.51. The predicted molar refractivity (Wildman–Crippen MR) is 114 cm³/mol. The molecule has 140 valence electrons. The summed E-state index contributed by atoms with van der Waals surface area (Å²) in [4.78, 5) is 8.90. The number of aliphatic imine (C=N–C) groups is 1. The Hall–Kier alpha value is -2.83. The largest absolute Gasteiger partial charge is 0.506 e. The zero-order valence-electron chi connectivity index (χ0n) is 14.7. The number of hydrogen-bond donors (Lipinski definition) is 1. The van der Waals surface area contributed by atoms with E-state index < -0.39 is 0 Å². The van der Waals surface area contributed by atoms with E-state index in [9.17, 15) is 5.11 Å². The molecule has 0 bridgehead atoms. The molecule has 0 fully saturated rings. The van der Waals surface area contributed by atoms with Gasteiger partial charge in [-0.25, -0.2) is 4.98 Å². The maximum Gasteiger partial charge on any atom is 0.227 e. The second-order valence-electron chi connectivity index (χ2n) is 5.98. The average molecular weight is 458 g/mol. The molecule has 0 saturated carbocycles. The molecule has 0 atom stereocenters. The van der Waals surface area contributed by atoms with Crippen LogP contribution in [-0.4, -0.2) is 23.4 Å². The van der Waals surface area contributed by atoms with Gasteiger partial charge < -0.3 is 14.3 Å². The number of hydrogen-bond acceptors (Lipinski definition) is 5. The van der Waals surface area contributed by atoms with Gasteiger partial charge in [-0.2, -0.15) is 0 Å². The van der Waals surface area contributed by atoms with Crippen LogP contribution in [0.5, 0.6) is 11.5 Å². The molecule has 0 radical (unpaired) electrons. The van der Waals surface area contributed by atoms with Gasteiger partial charge >= 0.3 is 0 Å². The highest BCUT2D eigenvalue weighted by molar-refractivity contribution is 9.10. The molecule has 0 aliphatic rings. The molecule has 28 heavy (non-hydrogen) atoms. The number of rotatable bonds is 4. The summed E-state index contributed by atoms with van der Waals surface area (Å²) in [6, 6.07) is 16.3. The molecule has 1 N–H and O–H groups in total. The van der Waals surface area contributed by atoms with Crippen LogP contribution < -0.4 is 4.74 Å². The van der Waals surface area contributed by atoms with Gasteiger partial charge in [0.2, 0.25) is 5.89 Å². The topological polar surface area (TPSA) is 67.9 Å². The Kier molecular flexibility index (Phi) is 5.07. The van der Waals surface area contributed by atoms with E-state index in [0.717, 1.165) is 27.0 Å². The number of nitrogens with zero attached hydrogens (tertiary/aromatic N) is 2. The van der Waals surface area contributed by atoms with Crippen molar-refractivity contribution in [2.75, 3.05) is 7.11 Å². The molecule has 1 heterocycles. The summed E-state index contributed by atoms with van der Waals surface area (Å²) >= 11 is 9.32. The van der Waals surface area contributed by atoms with E-state index in [1.165, 1.54) is 0 Å². The molecule has 0 unspecified atom stereocenters. The zero-order chi connectivity index (χ0) is 19.7. The molecule has 3 aromatic carbocycles. The molecular formula is C21H14BrClN2O3. The zero-order valence-corrected chi connectivity index (χ0v) is 17.0. The SMILES string of the molecule is COc1ccc2oc(-c3ccc(N=Cc4cc(Br)cc(Cl)c4O)cc3)nc2c1. The Labute approximate surface area is 174 Å². The first kappa shape index (κ1) is 18.5. The van der Waals surface area contributed by atoms with E-state index in [2.05, 4.69) is 25.9 Å². The van der Waals surface area contributed by atoms with Crippen LogP contribution in [0.15, 0.2) is 68.5 Å². The molecule has 5 nitrogen and oxygen atoms in total. The van der Waals surface area contributed by atoms with Gasteiger partial charge in [-0.1, -0.05) is 27.5 Å². The van der Waals surface area contributed by atoms with Gasteiger partial charge in [-0.05, 0) is 48.5 Å². The van der Waals surface area contributed by atoms with Gasteiger partial charge in [-0.3, -0.25) is 4.99 Å². The first-order valence-electron chi connectivity index (χ1n) is 8.30. The molecule has 4 aromatic rings. The molecule has 7 heteroatoms. The van der Waals surface area contributed by atoms with Crippen LogP contribution in [0.1, 0.15) is 5.56 Å². The monoisotopic (exact) mass is 456 g/mol. The van der Waals surface area contributed by atoms with E-state index >= 15 is 0 Å². The average Bonchev–Trinajstić information content (AvgIpc) is 3.13. The van der Waals surface area contributed by atoms with Crippen molar-refractivity contribution in [1.29, 1.82) is 0 Å². The van der Waals surface area contributed by atoms with E-state index in [1.54, 1.807) is 25.5 Å². The van der Waals surface area contributed by atoms with Crippen molar-refractivity contribution in [3.8, 4) is 23.0 Å². The van der Waals surface area contributed by atoms with Crippen molar-refractivity contribution in [3.05, 3.63) is 69.7 Å². The van der Waals surface area contributed by atoms with Gasteiger partial charge in [0, 0.05) is 27.9 Å². The minimum absolute atomic E-state index is 0.00728. The van der Waals surface area contributed by atoms with Crippen molar-refractivity contribution >= 4 is 50.5 Å². The maximum atomic E-state index is 10.0. The van der Waals surface area contributed by atoms with E-state index in [1.807, 2.05) is 42.5 Å². The Bertz CT molecular complexity index is 1190. The van der Waals surface area contributed by atoms with Gasteiger partial charge in [0.1, 0.15) is 17.0 Å². The van der Waals surface area contributed by atoms with Crippen LogP contribution in [0.4, 0.5) is 5.69 Å². The second kappa shape index (κ2) is 7.66. The number of phenols is 1. The lowest BCUT2D eigenvalue weighted by atomic mass is 10.2. The standard InChI is InChI=1S/C21H14BrClN2O3/c1-27-16-6-7-19-18(10-16)25-21(28-19)12-2-4-15(5-3-12)24-11-13-8-14(22)9-17(23)20(13)26/h2-11,26H,1H3. The van der Waals surface area contributed by atoms with Crippen LogP contribution in [0.2, 0.25) is 5.02 Å². The van der Waals surface area contributed by atoms with Gasteiger partial charge in [-0.15, -0.1) is 0 Å². The normalized spacial score (nSPS) is 11.4. The summed E-state index contributed by atoms with van der Waals surface area (Å²) < 4.78 is 11.8. The third-order valence-corrected chi connectivity index (χ3v) is 4.87. The van der Waals surface area contributed by atoms with Gasteiger partial charge in [0.15, 0.2) is 5.58 Å². The Balaban J connectivity index is 1.59. The number of halogens is 2. The number of ether oxygens (including phenoxy) is 1. The maximum absolute atomic E-state index is 10.0. The van der Waals surface area contributed by atoms with Gasteiger partial charge in [0.25, 0.3) is 0 Å². The van der Waals surface area contributed by atoms with Crippen molar-refractivity contribution in [2.24, 2.45) is 4.99 Å². The fraction of sp³-hybridized carbons (Fsp3) is 0.0476. The highest BCUT2D eigenvalue weighted by atomic mass is 79.9. The smallest absolute Gasteiger partial charge is 0.227 e. The van der Waals surface area contributed by atoms with Crippen LogP contribution in [-0.2, 0) is 0 Å². The molecule has 0 aliphatic heterocycles. The molecular weight excluding hydrogens is 444 g/mol. The molecule has 0 saturated heterocycles. The highest BCUT2D eigenvalue weighted by Gasteiger charge is 2.09. The van der Waals surface area contributed by atoms with E-state index in [4.69, 9.17) is 20.8 Å². The number of methoxy groups -OCH3 is 1. The minimum Gasteiger partial charge on any atom is -0.506 e. The van der Waals surface area contributed by atoms with E-state index in [-0.39, 0.29) is 10.8 Å². The van der Waals surface area contributed by atoms with Crippen molar-refractivity contribution in [3.63, 3.8) is 0 Å². The van der Waals surface area contributed by atoms with Crippen molar-refractivity contribution < 1.29 is 14.3 Å². The molecule has 4 rings (SSSR count). The first-order chi connectivity index (χ1) is 13.5. The molecule has 0 aliphatic carbocycles. The van der Waals surface area contributed by atoms with Crippen LogP contribution >= 0.6 is 27.5 Å². The third-order valence-electron chi connectivity index (χ3n) is 4.12. The van der Waals surface area contributed by atoms with Crippen molar-refractivity contribution in [1.82, 2.24) is 4.98 Å². The summed E-state index contributed by atoms with van der Waals surface area (Å²) in [6.07, 6.45) is 1.56. The first-order valence-corrected chi connectivity index (χ1v) is 9.47. The van der Waals surface area contributed by atoms with Crippen LogP contribution in [0.25, 0.3) is 22.6 Å². The molecule has 1 aromatic heterocycles. The summed E-state index contributed by atoms with van der Waals surface area (Å²) in [5.74, 6) is 1.25. The fourth-order valence-electron chi connectivity index (χ4n) is 2.68. The lowest BCUT2D eigenvalue weighted by Gasteiger charge is -2.02. The Morgan fingerprint density at radius 1 is 1.14 bits per heavy atom. The van der Waals surface area contributed by atoms with E-state index in [0.29, 0.717) is 17.0 Å². The lowest BCUT2D eigenvalue weighted by molar-refractivity contribution is 0.415. The third kappa shape index (κ3) is 3.74. The lowest BCUT2D eigenvalue weighted by Crippen LogP contribution is -1.84. The quantitative estimate of drug-likeness (QED) is 0.361. The Morgan fingerprint density at radius 3 is 2.68 bits per heavy atom. The fourth-order valence-corrected chi connectivity index (χ4v) is 3.51. The minimum atomic E-state index is -0.00728. The second-order valence-corrected chi connectivity index (χ2v) is 7.31. The van der Waals surface area contributed by atoms with Crippen LogP contribution in [0, 0.1) is 0 Å². The van der Waals surface area contributed by atoms with Crippen LogP contribution in [0.3, 0.4) is 0 Å². The number of benzene rings is 3. The number of aromatic nitrogens is 1. The predicted octanol–water partition coefficient (Wildman–Crippen LogP) is 6.38. The number of oxazole rings is 1. The van der Waals surface area contributed by atoms with Gasteiger partial charge in [0.05, 0.1) is 17.8 Å². The van der Waals surface area contributed by atoms with Crippen molar-refractivity contribution in [2.45, 2.75) is 0 Å². The summed E-state index contributed by atoms with van der Waals surface area (Å²) in [6.45, 7) is 0. The Morgan fingerprint density at radius 2 is 1.93 bits per heavy atom. The summed E-state index contributed by atoms with van der Waals surface area (Å²) in [5, 5.41) is 10.3. The molecule has 0 spiro atoms.